The Bertz CT molecular complexity index is 941. The van der Waals surface area contributed by atoms with Crippen molar-refractivity contribution in [3.05, 3.63) is 52.3 Å². The molecule has 0 bridgehead atoms. The number of hydrogen-bond donors (Lipinski definition) is 1. The molecule has 3 rings (SSSR count). The Morgan fingerprint density at radius 1 is 1.19 bits per heavy atom. The van der Waals surface area contributed by atoms with E-state index >= 15 is 0 Å². The summed E-state index contributed by atoms with van der Waals surface area (Å²) in [5, 5.41) is 8.54. The van der Waals surface area contributed by atoms with Crippen molar-refractivity contribution in [1.82, 2.24) is 14.8 Å². The molecule has 6 heteroatoms. The summed E-state index contributed by atoms with van der Waals surface area (Å²) in [4.78, 5) is 18.2. The molecule has 3 aromatic rings. The zero-order valence-corrected chi connectivity index (χ0v) is 17.4. The lowest BCUT2D eigenvalue weighted by molar-refractivity contribution is -0.115. The van der Waals surface area contributed by atoms with Gasteiger partial charge in [-0.25, -0.2) is 4.98 Å². The minimum absolute atomic E-state index is 0.0622. The summed E-state index contributed by atoms with van der Waals surface area (Å²) < 4.78 is 2.00. The first-order valence-corrected chi connectivity index (χ1v) is 10.0. The number of aryl methyl sites for hydroxylation is 2. The Kier molecular flexibility index (Phi) is 5.75. The number of aromatic nitrogens is 3. The number of benzene rings is 1. The largest absolute Gasteiger partial charge is 0.309 e. The third-order valence-corrected chi connectivity index (χ3v) is 5.45. The monoisotopic (exact) mass is 382 g/mol. The molecule has 0 fully saturated rings. The smallest absolute Gasteiger partial charge is 0.230 e. The van der Waals surface area contributed by atoms with E-state index in [9.17, 15) is 4.79 Å². The van der Waals surface area contributed by atoms with E-state index < -0.39 is 0 Å². The molecule has 0 spiro atoms. The van der Waals surface area contributed by atoms with Crippen LogP contribution in [0, 0.1) is 26.7 Å². The third-order valence-electron chi connectivity index (χ3n) is 4.43. The maximum absolute atomic E-state index is 12.7. The summed E-state index contributed by atoms with van der Waals surface area (Å²) in [7, 11) is 0. The molecule has 1 N–H and O–H groups in total. The maximum Gasteiger partial charge on any atom is 0.230 e. The average molecular weight is 383 g/mol. The Hall–Kier alpha value is -2.47. The van der Waals surface area contributed by atoms with Crippen LogP contribution in [-0.2, 0) is 17.8 Å². The standard InChI is InChI=1S/C21H26N4OS/c1-13(2)12-25-15(4)18(14(3)24-25)11-19(26)23-21-20(27-16(5)22-21)17-9-7-6-8-10-17/h6-10,13H,11-12H2,1-5H3,(H,23,26). The molecule has 0 unspecified atom stereocenters. The van der Waals surface area contributed by atoms with Crippen LogP contribution < -0.4 is 5.32 Å². The van der Waals surface area contributed by atoms with Gasteiger partial charge in [0.15, 0.2) is 5.82 Å². The summed E-state index contributed by atoms with van der Waals surface area (Å²) in [6.45, 7) is 11.1. The number of carbonyl (C=O) groups is 1. The highest BCUT2D eigenvalue weighted by Crippen LogP contribution is 2.33. The fraction of sp³-hybridized carbons (Fsp3) is 0.381. The molecule has 0 aliphatic rings. The van der Waals surface area contributed by atoms with Crippen LogP contribution in [0.1, 0.15) is 35.8 Å². The number of hydrogen-bond acceptors (Lipinski definition) is 4. The van der Waals surface area contributed by atoms with Crippen molar-refractivity contribution in [3.63, 3.8) is 0 Å². The first-order valence-electron chi connectivity index (χ1n) is 9.20. The lowest BCUT2D eigenvalue weighted by Gasteiger charge is -2.08. The van der Waals surface area contributed by atoms with Crippen molar-refractivity contribution < 1.29 is 4.79 Å². The van der Waals surface area contributed by atoms with E-state index in [2.05, 4.69) is 29.2 Å². The predicted molar refractivity (Wildman–Crippen MR) is 111 cm³/mol. The van der Waals surface area contributed by atoms with E-state index in [1.165, 1.54) is 0 Å². The second kappa shape index (κ2) is 8.05. The molecule has 0 atom stereocenters. The lowest BCUT2D eigenvalue weighted by atomic mass is 10.1. The number of amides is 1. The van der Waals surface area contributed by atoms with Crippen LogP contribution in [0.15, 0.2) is 30.3 Å². The van der Waals surface area contributed by atoms with Crippen molar-refractivity contribution in [1.29, 1.82) is 0 Å². The number of anilines is 1. The second-order valence-electron chi connectivity index (χ2n) is 7.23. The van der Waals surface area contributed by atoms with E-state index in [0.717, 1.165) is 38.9 Å². The quantitative estimate of drug-likeness (QED) is 0.668. The highest BCUT2D eigenvalue weighted by atomic mass is 32.1. The van der Waals surface area contributed by atoms with Gasteiger partial charge in [0.1, 0.15) is 0 Å². The van der Waals surface area contributed by atoms with Gasteiger partial charge in [-0.3, -0.25) is 9.48 Å². The number of rotatable bonds is 6. The zero-order valence-electron chi connectivity index (χ0n) is 16.5. The highest BCUT2D eigenvalue weighted by Gasteiger charge is 2.18. The predicted octanol–water partition coefficient (Wildman–Crippen LogP) is 4.77. The van der Waals surface area contributed by atoms with Crippen molar-refractivity contribution >= 4 is 23.1 Å². The zero-order chi connectivity index (χ0) is 19.6. The third kappa shape index (κ3) is 4.45. The molecule has 0 saturated carbocycles. The summed E-state index contributed by atoms with van der Waals surface area (Å²) in [5.41, 5.74) is 4.05. The Balaban J connectivity index is 1.79. The van der Waals surface area contributed by atoms with Gasteiger partial charge in [0, 0.05) is 17.8 Å². The molecule has 0 aliphatic heterocycles. The molecule has 1 amide bonds. The van der Waals surface area contributed by atoms with Gasteiger partial charge in [-0.05, 0) is 32.3 Å². The molecule has 2 heterocycles. The van der Waals surface area contributed by atoms with Gasteiger partial charge in [-0.15, -0.1) is 11.3 Å². The Morgan fingerprint density at radius 3 is 2.56 bits per heavy atom. The number of nitrogens with zero attached hydrogens (tertiary/aromatic N) is 3. The van der Waals surface area contributed by atoms with Crippen molar-refractivity contribution in [2.45, 2.75) is 47.6 Å². The molecule has 0 aliphatic carbocycles. The van der Waals surface area contributed by atoms with Gasteiger partial charge < -0.3 is 5.32 Å². The van der Waals surface area contributed by atoms with Crippen LogP contribution in [0.2, 0.25) is 0 Å². The summed E-state index contributed by atoms with van der Waals surface area (Å²) in [6, 6.07) is 10.0. The fourth-order valence-corrected chi connectivity index (χ4v) is 4.03. The van der Waals surface area contributed by atoms with Crippen LogP contribution in [0.5, 0.6) is 0 Å². The van der Waals surface area contributed by atoms with Crippen LogP contribution in [-0.4, -0.2) is 20.7 Å². The second-order valence-corrected chi connectivity index (χ2v) is 8.43. The van der Waals surface area contributed by atoms with Crippen LogP contribution in [0.25, 0.3) is 10.4 Å². The molecule has 142 valence electrons. The molecule has 27 heavy (non-hydrogen) atoms. The minimum atomic E-state index is -0.0622. The van der Waals surface area contributed by atoms with Crippen LogP contribution in [0.3, 0.4) is 0 Å². The molecule has 1 aromatic carbocycles. The van der Waals surface area contributed by atoms with Crippen molar-refractivity contribution in [2.24, 2.45) is 5.92 Å². The van der Waals surface area contributed by atoms with Crippen LogP contribution >= 0.6 is 11.3 Å². The molecular weight excluding hydrogens is 356 g/mol. The van der Waals surface area contributed by atoms with E-state index in [0.29, 0.717) is 18.2 Å². The van der Waals surface area contributed by atoms with Gasteiger partial charge in [0.05, 0.1) is 22.0 Å². The lowest BCUT2D eigenvalue weighted by Crippen LogP contribution is -2.16. The number of thiazole rings is 1. The highest BCUT2D eigenvalue weighted by molar-refractivity contribution is 7.15. The Labute approximate surface area is 164 Å². The fourth-order valence-electron chi connectivity index (χ4n) is 3.15. The summed E-state index contributed by atoms with van der Waals surface area (Å²) in [6.07, 6.45) is 0.306. The minimum Gasteiger partial charge on any atom is -0.309 e. The summed E-state index contributed by atoms with van der Waals surface area (Å²) >= 11 is 1.59. The SMILES string of the molecule is Cc1nc(NC(=O)Cc2c(C)nn(CC(C)C)c2C)c(-c2ccccc2)s1. The molecule has 0 saturated heterocycles. The van der Waals surface area contributed by atoms with Crippen molar-refractivity contribution in [3.8, 4) is 10.4 Å². The molecule has 2 aromatic heterocycles. The normalized spacial score (nSPS) is 11.2. The Morgan fingerprint density at radius 2 is 1.89 bits per heavy atom. The van der Waals surface area contributed by atoms with E-state index in [-0.39, 0.29) is 5.91 Å². The topological polar surface area (TPSA) is 59.8 Å². The average Bonchev–Trinajstić information content (AvgIpc) is 3.09. The van der Waals surface area contributed by atoms with E-state index in [1.54, 1.807) is 11.3 Å². The van der Waals surface area contributed by atoms with Gasteiger partial charge in [-0.1, -0.05) is 44.2 Å². The first-order chi connectivity index (χ1) is 12.8. The van der Waals surface area contributed by atoms with Crippen molar-refractivity contribution in [2.75, 3.05) is 5.32 Å². The summed E-state index contributed by atoms with van der Waals surface area (Å²) in [5.74, 6) is 1.09. The maximum atomic E-state index is 12.7. The van der Waals surface area contributed by atoms with E-state index in [1.807, 2.05) is 55.8 Å². The van der Waals surface area contributed by atoms with Gasteiger partial charge >= 0.3 is 0 Å². The van der Waals surface area contributed by atoms with Gasteiger partial charge in [0.25, 0.3) is 0 Å². The number of carbonyl (C=O) groups excluding carboxylic acids is 1. The van der Waals surface area contributed by atoms with Gasteiger partial charge in [0.2, 0.25) is 5.91 Å². The molecular formula is C21H26N4OS. The van der Waals surface area contributed by atoms with Gasteiger partial charge in [-0.2, -0.15) is 5.10 Å². The van der Waals surface area contributed by atoms with E-state index in [4.69, 9.17) is 0 Å². The molecule has 5 nitrogen and oxygen atoms in total. The van der Waals surface area contributed by atoms with Crippen LogP contribution in [0.4, 0.5) is 5.82 Å². The molecule has 0 radical (unpaired) electrons. The number of nitrogens with one attached hydrogen (secondary N) is 1. The first kappa shape index (κ1) is 19.3.